The van der Waals surface area contributed by atoms with Gasteiger partial charge in [-0.2, -0.15) is 13.2 Å². The minimum absolute atomic E-state index is 0.0712. The Balaban J connectivity index is 2.83. The maximum absolute atomic E-state index is 12.8. The van der Waals surface area contributed by atoms with Crippen LogP contribution in [0.2, 0.25) is 0 Å². The average molecular weight is 330 g/mol. The van der Waals surface area contributed by atoms with Gasteiger partial charge in [0.05, 0.1) is 11.6 Å². The van der Waals surface area contributed by atoms with Crippen molar-refractivity contribution in [1.82, 2.24) is 10.6 Å². The molecule has 0 aliphatic carbocycles. The number of amides is 2. The van der Waals surface area contributed by atoms with E-state index in [1.54, 1.807) is 6.07 Å². The van der Waals surface area contributed by atoms with Gasteiger partial charge in [0.15, 0.2) is 0 Å². The zero-order valence-electron chi connectivity index (χ0n) is 13.3. The van der Waals surface area contributed by atoms with Crippen molar-refractivity contribution >= 4 is 11.8 Å². The van der Waals surface area contributed by atoms with E-state index in [4.69, 9.17) is 0 Å². The summed E-state index contributed by atoms with van der Waals surface area (Å²) in [5.74, 6) is -0.644. The fourth-order valence-corrected chi connectivity index (χ4v) is 2.14. The second-order valence-electron chi connectivity index (χ2n) is 5.65. The highest BCUT2D eigenvalue weighted by Gasteiger charge is 2.31. The minimum Gasteiger partial charge on any atom is -0.356 e. The molecule has 1 aromatic rings. The number of halogens is 3. The predicted octanol–water partition coefficient (Wildman–Crippen LogP) is 3.04. The molecule has 0 aromatic heterocycles. The molecule has 128 valence electrons. The van der Waals surface area contributed by atoms with Gasteiger partial charge in [-0.3, -0.25) is 9.59 Å². The van der Waals surface area contributed by atoms with E-state index in [1.807, 2.05) is 13.8 Å². The Morgan fingerprint density at radius 2 is 1.87 bits per heavy atom. The number of hydrogen-bond acceptors (Lipinski definition) is 2. The number of hydrogen-bond donors (Lipinski definition) is 2. The van der Waals surface area contributed by atoms with Crippen molar-refractivity contribution in [3.63, 3.8) is 0 Å². The molecule has 0 saturated heterocycles. The summed E-state index contributed by atoms with van der Waals surface area (Å²) in [6, 6.07) is 4.42. The van der Waals surface area contributed by atoms with E-state index in [0.717, 1.165) is 12.1 Å². The van der Waals surface area contributed by atoms with Crippen molar-refractivity contribution in [2.45, 2.75) is 39.4 Å². The first-order valence-electron chi connectivity index (χ1n) is 7.32. The van der Waals surface area contributed by atoms with Crippen molar-refractivity contribution in [3.05, 3.63) is 35.4 Å². The van der Waals surface area contributed by atoms with Crippen molar-refractivity contribution in [2.24, 2.45) is 5.92 Å². The molecule has 1 atom stereocenters. The number of rotatable bonds is 6. The van der Waals surface area contributed by atoms with Crippen LogP contribution in [0.25, 0.3) is 0 Å². The van der Waals surface area contributed by atoms with E-state index in [2.05, 4.69) is 10.6 Å². The second-order valence-corrected chi connectivity index (χ2v) is 5.65. The molecular weight excluding hydrogens is 309 g/mol. The molecule has 2 amide bonds. The Bertz CT molecular complexity index is 557. The summed E-state index contributed by atoms with van der Waals surface area (Å²) < 4.78 is 38.4. The first-order chi connectivity index (χ1) is 10.6. The van der Waals surface area contributed by atoms with E-state index >= 15 is 0 Å². The molecule has 0 bridgehead atoms. The van der Waals surface area contributed by atoms with Crippen molar-refractivity contribution in [3.8, 4) is 0 Å². The van der Waals surface area contributed by atoms with E-state index in [9.17, 15) is 22.8 Å². The first kappa shape index (κ1) is 19.0. The van der Waals surface area contributed by atoms with Crippen LogP contribution in [0.5, 0.6) is 0 Å². The highest BCUT2D eigenvalue weighted by Crippen LogP contribution is 2.32. The topological polar surface area (TPSA) is 58.2 Å². The van der Waals surface area contributed by atoms with E-state index in [-0.39, 0.29) is 30.7 Å². The monoisotopic (exact) mass is 330 g/mol. The lowest BCUT2D eigenvalue weighted by molar-refractivity contribution is -0.137. The summed E-state index contributed by atoms with van der Waals surface area (Å²) >= 11 is 0. The molecule has 0 saturated carbocycles. The van der Waals surface area contributed by atoms with Crippen LogP contribution in [-0.4, -0.2) is 18.4 Å². The molecule has 7 heteroatoms. The zero-order chi connectivity index (χ0) is 17.6. The smallest absolute Gasteiger partial charge is 0.356 e. The molecule has 0 radical (unpaired) electrons. The van der Waals surface area contributed by atoms with Gasteiger partial charge in [-0.05, 0) is 23.6 Å². The Morgan fingerprint density at radius 1 is 1.22 bits per heavy atom. The van der Waals surface area contributed by atoms with E-state index < -0.39 is 17.8 Å². The lowest BCUT2D eigenvalue weighted by Gasteiger charge is -2.24. The summed E-state index contributed by atoms with van der Waals surface area (Å²) in [6.07, 6.45) is -4.35. The van der Waals surface area contributed by atoms with E-state index in [0.29, 0.717) is 5.56 Å². The van der Waals surface area contributed by atoms with Gasteiger partial charge in [0.2, 0.25) is 11.8 Å². The standard InChI is InChI=1S/C16H21F3N2O2/c1-10(2)15(21-14(23)7-8-20-11(3)22)12-5-4-6-13(9-12)16(17,18)19/h4-6,9-10,15H,7-8H2,1-3H3,(H,20,22)(H,21,23)/t15-/m0/s1. The minimum atomic E-state index is -4.42. The molecular formula is C16H21F3N2O2. The van der Waals surface area contributed by atoms with Crippen LogP contribution >= 0.6 is 0 Å². The molecule has 0 fully saturated rings. The van der Waals surface area contributed by atoms with E-state index in [1.165, 1.54) is 13.0 Å². The number of nitrogens with one attached hydrogen (secondary N) is 2. The number of carbonyl (C=O) groups is 2. The lowest BCUT2D eigenvalue weighted by Crippen LogP contribution is -2.34. The van der Waals surface area contributed by atoms with Crippen LogP contribution in [0.4, 0.5) is 13.2 Å². The first-order valence-corrected chi connectivity index (χ1v) is 7.32. The third kappa shape index (κ3) is 6.30. The Labute approximate surface area is 133 Å². The molecule has 0 aliphatic rings. The second kappa shape index (κ2) is 7.99. The van der Waals surface area contributed by atoms with Crippen LogP contribution in [-0.2, 0) is 15.8 Å². The summed E-state index contributed by atoms with van der Waals surface area (Å²) in [5.41, 5.74) is -0.337. The average Bonchev–Trinajstić information content (AvgIpc) is 2.43. The molecule has 0 aliphatic heterocycles. The molecule has 1 rings (SSSR count). The van der Waals surface area contributed by atoms with Gasteiger partial charge in [-0.1, -0.05) is 26.0 Å². The summed E-state index contributed by atoms with van der Waals surface area (Å²) in [6.45, 7) is 5.17. The van der Waals surface area contributed by atoms with Crippen LogP contribution in [0.15, 0.2) is 24.3 Å². The fraction of sp³-hybridized carbons (Fsp3) is 0.500. The van der Waals surface area contributed by atoms with Crippen LogP contribution < -0.4 is 10.6 Å². The molecule has 4 nitrogen and oxygen atoms in total. The summed E-state index contributed by atoms with van der Waals surface area (Å²) in [4.78, 5) is 22.7. The SMILES string of the molecule is CC(=O)NCCC(=O)N[C@H](c1cccc(C(F)(F)F)c1)C(C)C. The molecule has 0 spiro atoms. The van der Waals surface area contributed by atoms with Gasteiger partial charge in [-0.15, -0.1) is 0 Å². The Hall–Kier alpha value is -2.05. The van der Waals surface area contributed by atoms with Gasteiger partial charge < -0.3 is 10.6 Å². The van der Waals surface area contributed by atoms with Crippen LogP contribution in [0.1, 0.15) is 44.4 Å². The predicted molar refractivity (Wildman–Crippen MR) is 80.5 cm³/mol. The maximum Gasteiger partial charge on any atom is 0.416 e. The maximum atomic E-state index is 12.8. The summed E-state index contributed by atoms with van der Waals surface area (Å²) in [5, 5.41) is 5.23. The van der Waals surface area contributed by atoms with Crippen molar-refractivity contribution < 1.29 is 22.8 Å². The molecule has 23 heavy (non-hydrogen) atoms. The van der Waals surface area contributed by atoms with Gasteiger partial charge in [0.1, 0.15) is 0 Å². The Kier molecular flexibility index (Phi) is 6.60. The highest BCUT2D eigenvalue weighted by atomic mass is 19.4. The molecule has 1 aromatic carbocycles. The van der Waals surface area contributed by atoms with Crippen molar-refractivity contribution in [2.75, 3.05) is 6.54 Å². The number of carbonyl (C=O) groups excluding carboxylic acids is 2. The number of alkyl halides is 3. The van der Waals surface area contributed by atoms with Gasteiger partial charge >= 0.3 is 6.18 Å². The third-order valence-electron chi connectivity index (χ3n) is 3.28. The van der Waals surface area contributed by atoms with Crippen LogP contribution in [0, 0.1) is 5.92 Å². The molecule has 2 N–H and O–H groups in total. The summed E-state index contributed by atoms with van der Waals surface area (Å²) in [7, 11) is 0. The lowest BCUT2D eigenvalue weighted by atomic mass is 9.94. The quantitative estimate of drug-likeness (QED) is 0.842. The highest BCUT2D eigenvalue weighted by molar-refractivity contribution is 5.78. The zero-order valence-corrected chi connectivity index (χ0v) is 13.3. The third-order valence-corrected chi connectivity index (χ3v) is 3.28. The normalized spacial score (nSPS) is 12.8. The molecule has 0 heterocycles. The number of benzene rings is 1. The van der Waals surface area contributed by atoms with Gasteiger partial charge in [0.25, 0.3) is 0 Å². The fourth-order valence-electron chi connectivity index (χ4n) is 2.14. The van der Waals surface area contributed by atoms with Gasteiger partial charge in [-0.25, -0.2) is 0 Å². The van der Waals surface area contributed by atoms with Gasteiger partial charge in [0, 0.05) is 19.9 Å². The van der Waals surface area contributed by atoms with Crippen LogP contribution in [0.3, 0.4) is 0 Å². The molecule has 0 unspecified atom stereocenters. The Morgan fingerprint density at radius 3 is 2.39 bits per heavy atom. The van der Waals surface area contributed by atoms with Crippen molar-refractivity contribution in [1.29, 1.82) is 0 Å². The largest absolute Gasteiger partial charge is 0.416 e.